The van der Waals surface area contributed by atoms with Crippen molar-refractivity contribution in [1.82, 2.24) is 5.32 Å². The summed E-state index contributed by atoms with van der Waals surface area (Å²) in [6.07, 6.45) is 7.19. The molecule has 1 aliphatic carbocycles. The second-order valence-corrected chi connectivity index (χ2v) is 6.70. The summed E-state index contributed by atoms with van der Waals surface area (Å²) >= 11 is 0. The third kappa shape index (κ3) is 3.94. The van der Waals surface area contributed by atoms with E-state index in [0.717, 1.165) is 6.42 Å². The van der Waals surface area contributed by atoms with Gasteiger partial charge >= 0.3 is 0 Å². The minimum Gasteiger partial charge on any atom is -0.386 e. The molecule has 3 heteroatoms. The Morgan fingerprint density at radius 2 is 2.06 bits per heavy atom. The van der Waals surface area contributed by atoms with Crippen molar-refractivity contribution < 1.29 is 9.84 Å². The van der Waals surface area contributed by atoms with Crippen molar-refractivity contribution >= 4 is 0 Å². The van der Waals surface area contributed by atoms with Crippen LogP contribution in [0.3, 0.4) is 0 Å². The molecule has 3 nitrogen and oxygen atoms in total. The van der Waals surface area contributed by atoms with Crippen LogP contribution in [0.25, 0.3) is 0 Å². The summed E-state index contributed by atoms with van der Waals surface area (Å²) in [6.45, 7) is 6.63. The van der Waals surface area contributed by atoms with Gasteiger partial charge < -0.3 is 15.2 Å². The molecular weight excluding hydrogens is 214 g/mol. The van der Waals surface area contributed by atoms with Crippen LogP contribution in [0.2, 0.25) is 0 Å². The van der Waals surface area contributed by atoms with Crippen molar-refractivity contribution in [1.29, 1.82) is 0 Å². The molecule has 1 saturated heterocycles. The van der Waals surface area contributed by atoms with Gasteiger partial charge in [0.05, 0.1) is 6.61 Å². The lowest BCUT2D eigenvalue weighted by Gasteiger charge is -2.25. The van der Waals surface area contributed by atoms with Crippen molar-refractivity contribution in [3.8, 4) is 0 Å². The molecule has 2 rings (SSSR count). The molecule has 1 aliphatic heterocycles. The van der Waals surface area contributed by atoms with Gasteiger partial charge in [-0.3, -0.25) is 0 Å². The van der Waals surface area contributed by atoms with E-state index >= 15 is 0 Å². The SMILES string of the molecule is CC1(C)CCCC(NCC2(O)CCOC2)CC1. The molecular formula is C14H27NO2. The topological polar surface area (TPSA) is 41.5 Å². The van der Waals surface area contributed by atoms with Crippen molar-refractivity contribution in [3.63, 3.8) is 0 Å². The molecule has 1 heterocycles. The summed E-state index contributed by atoms with van der Waals surface area (Å²) in [6, 6.07) is 0.585. The van der Waals surface area contributed by atoms with Gasteiger partial charge in [-0.15, -0.1) is 0 Å². The Labute approximate surface area is 105 Å². The van der Waals surface area contributed by atoms with E-state index in [2.05, 4.69) is 19.2 Å². The van der Waals surface area contributed by atoms with E-state index in [0.29, 0.717) is 31.2 Å². The summed E-state index contributed by atoms with van der Waals surface area (Å²) < 4.78 is 5.27. The third-order valence-corrected chi connectivity index (χ3v) is 4.38. The monoisotopic (exact) mass is 241 g/mol. The standard InChI is InChI=1S/C14H27NO2/c1-13(2)6-3-4-12(5-7-13)15-10-14(16)8-9-17-11-14/h12,15-16H,3-11H2,1-2H3. The molecule has 2 unspecified atom stereocenters. The molecule has 2 aliphatic rings. The van der Waals surface area contributed by atoms with Crippen molar-refractivity contribution in [3.05, 3.63) is 0 Å². The summed E-state index contributed by atoms with van der Waals surface area (Å²) in [4.78, 5) is 0. The molecule has 0 aromatic carbocycles. The first kappa shape index (κ1) is 13.3. The highest BCUT2D eigenvalue weighted by Crippen LogP contribution is 2.33. The van der Waals surface area contributed by atoms with Gasteiger partial charge in [0.15, 0.2) is 0 Å². The first-order valence-corrected chi connectivity index (χ1v) is 7.03. The molecule has 1 saturated carbocycles. The average molecular weight is 241 g/mol. The van der Waals surface area contributed by atoms with Gasteiger partial charge in [0.25, 0.3) is 0 Å². The lowest BCUT2D eigenvalue weighted by molar-refractivity contribution is 0.0243. The number of hydrogen-bond acceptors (Lipinski definition) is 3. The predicted octanol–water partition coefficient (Wildman–Crippen LogP) is 2.09. The second kappa shape index (κ2) is 5.25. The largest absolute Gasteiger partial charge is 0.386 e. The van der Waals surface area contributed by atoms with Gasteiger partial charge in [-0.1, -0.05) is 20.3 Å². The maximum absolute atomic E-state index is 10.2. The van der Waals surface area contributed by atoms with Crippen LogP contribution in [0.15, 0.2) is 0 Å². The van der Waals surface area contributed by atoms with Gasteiger partial charge in [0, 0.05) is 25.6 Å². The molecule has 0 radical (unpaired) electrons. The van der Waals surface area contributed by atoms with Gasteiger partial charge in [0.1, 0.15) is 5.60 Å². The van der Waals surface area contributed by atoms with E-state index in [1.54, 1.807) is 0 Å². The maximum atomic E-state index is 10.2. The molecule has 0 aromatic heterocycles. The third-order valence-electron chi connectivity index (χ3n) is 4.38. The Bertz CT molecular complexity index is 247. The Kier molecular flexibility index (Phi) is 4.11. The van der Waals surface area contributed by atoms with Crippen LogP contribution in [0, 0.1) is 5.41 Å². The van der Waals surface area contributed by atoms with Gasteiger partial charge in [-0.05, 0) is 31.1 Å². The van der Waals surface area contributed by atoms with Gasteiger partial charge in [-0.25, -0.2) is 0 Å². The Balaban J connectivity index is 1.75. The summed E-state index contributed by atoms with van der Waals surface area (Å²) in [5, 5.41) is 13.8. The average Bonchev–Trinajstić information content (AvgIpc) is 2.61. The van der Waals surface area contributed by atoms with Crippen molar-refractivity contribution in [2.24, 2.45) is 5.41 Å². The van der Waals surface area contributed by atoms with Crippen LogP contribution >= 0.6 is 0 Å². The highest BCUT2D eigenvalue weighted by molar-refractivity contribution is 4.87. The lowest BCUT2D eigenvalue weighted by Crippen LogP contribution is -2.44. The Morgan fingerprint density at radius 1 is 1.24 bits per heavy atom. The van der Waals surface area contributed by atoms with E-state index in [1.165, 1.54) is 32.1 Å². The Hall–Kier alpha value is -0.120. The first-order chi connectivity index (χ1) is 7.99. The molecule has 17 heavy (non-hydrogen) atoms. The van der Waals surface area contributed by atoms with E-state index in [4.69, 9.17) is 4.74 Å². The lowest BCUT2D eigenvalue weighted by atomic mass is 9.85. The van der Waals surface area contributed by atoms with Crippen LogP contribution in [0.5, 0.6) is 0 Å². The van der Waals surface area contributed by atoms with Crippen LogP contribution in [-0.2, 0) is 4.74 Å². The molecule has 2 atom stereocenters. The predicted molar refractivity (Wildman–Crippen MR) is 69.0 cm³/mol. The van der Waals surface area contributed by atoms with E-state index in [9.17, 15) is 5.11 Å². The summed E-state index contributed by atoms with van der Waals surface area (Å²) in [5.41, 5.74) is -0.106. The fraction of sp³-hybridized carbons (Fsp3) is 1.00. The second-order valence-electron chi connectivity index (χ2n) is 6.70. The van der Waals surface area contributed by atoms with Crippen LogP contribution < -0.4 is 5.32 Å². The fourth-order valence-corrected chi connectivity index (χ4v) is 2.94. The molecule has 0 bridgehead atoms. The minimum atomic E-state index is -0.609. The van der Waals surface area contributed by atoms with Gasteiger partial charge in [-0.2, -0.15) is 0 Å². The Morgan fingerprint density at radius 3 is 2.76 bits per heavy atom. The molecule has 0 amide bonds. The maximum Gasteiger partial charge on any atom is 0.102 e. The van der Waals surface area contributed by atoms with Crippen LogP contribution in [0.1, 0.15) is 52.4 Å². The number of nitrogens with one attached hydrogen (secondary N) is 1. The quantitative estimate of drug-likeness (QED) is 0.743. The number of ether oxygens (including phenoxy) is 1. The van der Waals surface area contributed by atoms with Gasteiger partial charge in [0.2, 0.25) is 0 Å². The molecule has 0 aromatic rings. The van der Waals surface area contributed by atoms with Crippen LogP contribution in [0.4, 0.5) is 0 Å². The summed E-state index contributed by atoms with van der Waals surface area (Å²) in [5.74, 6) is 0. The molecule has 0 spiro atoms. The van der Waals surface area contributed by atoms with Crippen molar-refractivity contribution in [2.45, 2.75) is 64.0 Å². The zero-order valence-electron chi connectivity index (χ0n) is 11.3. The fourth-order valence-electron chi connectivity index (χ4n) is 2.94. The van der Waals surface area contributed by atoms with E-state index < -0.39 is 5.60 Å². The highest BCUT2D eigenvalue weighted by Gasteiger charge is 2.33. The zero-order valence-corrected chi connectivity index (χ0v) is 11.3. The number of rotatable bonds is 3. The molecule has 2 N–H and O–H groups in total. The highest BCUT2D eigenvalue weighted by atomic mass is 16.5. The number of hydrogen-bond donors (Lipinski definition) is 2. The zero-order chi connectivity index (χ0) is 12.4. The molecule has 2 fully saturated rings. The van der Waals surface area contributed by atoms with Crippen molar-refractivity contribution in [2.75, 3.05) is 19.8 Å². The minimum absolute atomic E-state index is 0.498. The number of aliphatic hydroxyl groups is 1. The molecule has 100 valence electrons. The van der Waals surface area contributed by atoms with E-state index in [1.807, 2.05) is 0 Å². The first-order valence-electron chi connectivity index (χ1n) is 7.03. The van der Waals surface area contributed by atoms with Crippen LogP contribution in [-0.4, -0.2) is 36.5 Å². The summed E-state index contributed by atoms with van der Waals surface area (Å²) in [7, 11) is 0. The van der Waals surface area contributed by atoms with E-state index in [-0.39, 0.29) is 0 Å². The normalized spacial score (nSPS) is 37.9. The smallest absolute Gasteiger partial charge is 0.102 e.